The molecule has 1 amide bonds. The number of hydrogen-bond acceptors (Lipinski definition) is 5. The van der Waals surface area contributed by atoms with E-state index in [1.165, 1.54) is 6.26 Å². The predicted molar refractivity (Wildman–Crippen MR) is 93.3 cm³/mol. The number of benzene rings is 1. The van der Waals surface area contributed by atoms with Crippen molar-refractivity contribution in [1.29, 1.82) is 0 Å². The molecule has 2 aromatic rings. The average molecular weight is 358 g/mol. The maximum Gasteiger partial charge on any atom is 0.308 e. The Labute approximate surface area is 151 Å². The number of ether oxygens (including phenoxy) is 1. The second-order valence-corrected chi connectivity index (χ2v) is 6.41. The largest absolute Gasteiger partial charge is 0.494 e. The number of aromatic nitrogens is 1. The number of carbonyl (C=O) groups is 2. The van der Waals surface area contributed by atoms with E-state index in [0.717, 1.165) is 24.2 Å². The van der Waals surface area contributed by atoms with E-state index in [2.05, 4.69) is 10.5 Å². The number of nitrogens with zero attached hydrogens (tertiary/aromatic N) is 1. The Hall–Kier alpha value is -2.83. The minimum absolute atomic E-state index is 0.0384. The van der Waals surface area contributed by atoms with Gasteiger partial charge in [0.2, 0.25) is 0 Å². The molecule has 3 rings (SSSR count). The third-order valence-electron chi connectivity index (χ3n) is 4.38. The summed E-state index contributed by atoms with van der Waals surface area (Å²) in [5.41, 5.74) is 1.94. The first-order valence-electron chi connectivity index (χ1n) is 8.75. The molecule has 1 atom stereocenters. The fraction of sp³-hybridized carbons (Fsp3) is 0.421. The van der Waals surface area contributed by atoms with E-state index in [9.17, 15) is 14.7 Å². The molecule has 7 heteroatoms. The van der Waals surface area contributed by atoms with Crippen molar-refractivity contribution in [3.05, 3.63) is 47.3 Å². The van der Waals surface area contributed by atoms with Crippen LogP contribution in [0.15, 0.2) is 35.1 Å². The smallest absolute Gasteiger partial charge is 0.308 e. The van der Waals surface area contributed by atoms with Crippen molar-refractivity contribution >= 4 is 11.9 Å². The number of amides is 1. The van der Waals surface area contributed by atoms with Crippen LogP contribution < -0.4 is 10.1 Å². The van der Waals surface area contributed by atoms with Crippen LogP contribution in [0.5, 0.6) is 5.75 Å². The molecule has 0 radical (unpaired) electrons. The Morgan fingerprint density at radius 3 is 2.69 bits per heavy atom. The molecule has 26 heavy (non-hydrogen) atoms. The highest BCUT2D eigenvalue weighted by Crippen LogP contribution is 2.40. The summed E-state index contributed by atoms with van der Waals surface area (Å²) in [5.74, 6) is -0.982. The molecular weight excluding hydrogens is 336 g/mol. The predicted octanol–water partition coefficient (Wildman–Crippen LogP) is 2.62. The fourth-order valence-electron chi connectivity index (χ4n) is 2.80. The SMILES string of the molecule is CCOc1ccc(CC(CNC(=O)c2conc2C2CC2)C(=O)O)cc1. The Morgan fingerprint density at radius 1 is 1.35 bits per heavy atom. The molecule has 1 aliphatic carbocycles. The highest BCUT2D eigenvalue weighted by atomic mass is 16.5. The van der Waals surface area contributed by atoms with Gasteiger partial charge in [-0.25, -0.2) is 0 Å². The molecule has 1 saturated carbocycles. The lowest BCUT2D eigenvalue weighted by Crippen LogP contribution is -2.34. The Balaban J connectivity index is 1.58. The number of carboxylic acids is 1. The van der Waals surface area contributed by atoms with Gasteiger partial charge in [0.15, 0.2) is 0 Å². The van der Waals surface area contributed by atoms with Crippen LogP contribution in [-0.4, -0.2) is 35.3 Å². The third-order valence-corrected chi connectivity index (χ3v) is 4.38. The number of carboxylic acid groups (broad SMARTS) is 1. The number of rotatable bonds is 9. The molecule has 1 aromatic heterocycles. The molecular formula is C19H22N2O5. The van der Waals surface area contributed by atoms with Crippen molar-refractivity contribution in [2.24, 2.45) is 5.92 Å². The van der Waals surface area contributed by atoms with E-state index >= 15 is 0 Å². The Morgan fingerprint density at radius 2 is 2.08 bits per heavy atom. The molecule has 1 fully saturated rings. The Bertz CT molecular complexity index is 764. The van der Waals surface area contributed by atoms with Crippen LogP contribution in [0.25, 0.3) is 0 Å². The van der Waals surface area contributed by atoms with Crippen molar-refractivity contribution in [2.45, 2.75) is 32.1 Å². The minimum atomic E-state index is -0.952. The zero-order valence-electron chi connectivity index (χ0n) is 14.6. The zero-order chi connectivity index (χ0) is 18.5. The van der Waals surface area contributed by atoms with Gasteiger partial charge in [-0.3, -0.25) is 9.59 Å². The second-order valence-electron chi connectivity index (χ2n) is 6.41. The van der Waals surface area contributed by atoms with Gasteiger partial charge in [-0.15, -0.1) is 0 Å². The van der Waals surface area contributed by atoms with Crippen LogP contribution in [0, 0.1) is 5.92 Å². The lowest BCUT2D eigenvalue weighted by atomic mass is 9.99. The van der Waals surface area contributed by atoms with Gasteiger partial charge < -0.3 is 19.7 Å². The van der Waals surface area contributed by atoms with Crippen LogP contribution in [-0.2, 0) is 11.2 Å². The van der Waals surface area contributed by atoms with Gasteiger partial charge in [0.05, 0.1) is 18.2 Å². The average Bonchev–Trinajstić information content (AvgIpc) is 3.36. The molecule has 1 aromatic carbocycles. The lowest BCUT2D eigenvalue weighted by Gasteiger charge is -2.14. The molecule has 7 nitrogen and oxygen atoms in total. The quantitative estimate of drug-likeness (QED) is 0.714. The van der Waals surface area contributed by atoms with Gasteiger partial charge in [-0.2, -0.15) is 0 Å². The minimum Gasteiger partial charge on any atom is -0.494 e. The van der Waals surface area contributed by atoms with Crippen molar-refractivity contribution in [3.8, 4) is 5.75 Å². The first kappa shape index (κ1) is 18.0. The molecule has 1 heterocycles. The van der Waals surface area contributed by atoms with Gasteiger partial charge >= 0.3 is 5.97 Å². The van der Waals surface area contributed by atoms with Crippen LogP contribution in [0.4, 0.5) is 0 Å². The van der Waals surface area contributed by atoms with Crippen LogP contribution >= 0.6 is 0 Å². The monoisotopic (exact) mass is 358 g/mol. The summed E-state index contributed by atoms with van der Waals surface area (Å²) in [7, 11) is 0. The molecule has 0 saturated heterocycles. The first-order valence-corrected chi connectivity index (χ1v) is 8.75. The van der Waals surface area contributed by atoms with Crippen molar-refractivity contribution in [2.75, 3.05) is 13.2 Å². The van der Waals surface area contributed by atoms with E-state index in [-0.39, 0.29) is 18.4 Å². The summed E-state index contributed by atoms with van der Waals surface area (Å²) in [5, 5.41) is 16.0. The Kier molecular flexibility index (Phi) is 5.55. The first-order chi connectivity index (χ1) is 12.6. The van der Waals surface area contributed by atoms with Crippen molar-refractivity contribution < 1.29 is 24.0 Å². The standard InChI is InChI=1S/C19H22N2O5/c1-2-25-15-7-3-12(4-8-15)9-14(19(23)24)10-20-18(22)16-11-26-21-17(16)13-5-6-13/h3-4,7-8,11,13-14H,2,5-6,9-10H2,1H3,(H,20,22)(H,23,24). The molecule has 2 N–H and O–H groups in total. The summed E-state index contributed by atoms with van der Waals surface area (Å²) in [4.78, 5) is 23.9. The summed E-state index contributed by atoms with van der Waals surface area (Å²) in [6.07, 6.45) is 3.65. The summed E-state index contributed by atoms with van der Waals surface area (Å²) in [6.45, 7) is 2.52. The lowest BCUT2D eigenvalue weighted by molar-refractivity contribution is -0.141. The van der Waals surface area contributed by atoms with Crippen LogP contribution in [0.2, 0.25) is 0 Å². The van der Waals surface area contributed by atoms with Crippen LogP contribution in [0.1, 0.15) is 47.3 Å². The van der Waals surface area contributed by atoms with Crippen molar-refractivity contribution in [3.63, 3.8) is 0 Å². The molecule has 1 unspecified atom stereocenters. The van der Waals surface area contributed by atoms with Crippen molar-refractivity contribution in [1.82, 2.24) is 10.5 Å². The number of carbonyl (C=O) groups excluding carboxylic acids is 1. The van der Waals surface area contributed by atoms with Gasteiger partial charge in [0, 0.05) is 12.5 Å². The number of hydrogen-bond donors (Lipinski definition) is 2. The maximum absolute atomic E-state index is 12.3. The fourth-order valence-corrected chi connectivity index (χ4v) is 2.80. The summed E-state index contributed by atoms with van der Waals surface area (Å²) >= 11 is 0. The molecule has 0 aliphatic heterocycles. The third kappa shape index (κ3) is 4.41. The van der Waals surface area contributed by atoms with Gasteiger partial charge in [0.25, 0.3) is 5.91 Å². The topological polar surface area (TPSA) is 102 Å². The van der Waals surface area contributed by atoms with E-state index in [1.807, 2.05) is 31.2 Å². The van der Waals surface area contributed by atoms with E-state index in [4.69, 9.17) is 9.26 Å². The number of aliphatic carboxylic acids is 1. The molecule has 0 bridgehead atoms. The molecule has 0 spiro atoms. The normalized spacial score (nSPS) is 14.7. The highest BCUT2D eigenvalue weighted by Gasteiger charge is 2.32. The molecule has 138 valence electrons. The molecule has 1 aliphatic rings. The van der Waals surface area contributed by atoms with E-state index in [1.54, 1.807) is 0 Å². The van der Waals surface area contributed by atoms with Gasteiger partial charge in [0.1, 0.15) is 17.6 Å². The zero-order valence-corrected chi connectivity index (χ0v) is 14.6. The summed E-state index contributed by atoms with van der Waals surface area (Å²) in [6, 6.07) is 7.31. The number of nitrogens with one attached hydrogen (secondary N) is 1. The second kappa shape index (κ2) is 8.03. The van der Waals surface area contributed by atoms with Crippen LogP contribution in [0.3, 0.4) is 0 Å². The van der Waals surface area contributed by atoms with E-state index in [0.29, 0.717) is 24.3 Å². The van der Waals surface area contributed by atoms with Gasteiger partial charge in [-0.1, -0.05) is 17.3 Å². The summed E-state index contributed by atoms with van der Waals surface area (Å²) < 4.78 is 10.3. The van der Waals surface area contributed by atoms with E-state index < -0.39 is 11.9 Å². The highest BCUT2D eigenvalue weighted by molar-refractivity contribution is 5.95. The maximum atomic E-state index is 12.3. The van der Waals surface area contributed by atoms with Gasteiger partial charge in [-0.05, 0) is 43.9 Å².